The second kappa shape index (κ2) is 9.41. The Labute approximate surface area is 187 Å². The molecule has 0 spiro atoms. The van der Waals surface area contributed by atoms with Crippen molar-refractivity contribution in [1.29, 1.82) is 0 Å². The first-order chi connectivity index (χ1) is 14.7. The molecule has 0 saturated carbocycles. The zero-order valence-electron chi connectivity index (χ0n) is 17.4. The molecule has 0 bridgehead atoms. The minimum absolute atomic E-state index is 0.0345. The van der Waals surface area contributed by atoms with Crippen molar-refractivity contribution in [2.75, 3.05) is 18.5 Å². The molecule has 1 atom stereocenters. The monoisotopic (exact) mass is 458 g/mol. The molecule has 31 heavy (non-hydrogen) atoms. The number of benzene rings is 3. The maximum atomic E-state index is 13.1. The fraction of sp³-hybridized carbons (Fsp3) is 0.174. The van der Waals surface area contributed by atoms with Crippen LogP contribution in [0.2, 0.25) is 5.02 Å². The van der Waals surface area contributed by atoms with Crippen molar-refractivity contribution in [1.82, 2.24) is 5.32 Å². The third kappa shape index (κ3) is 5.00. The number of nitrogens with zero attached hydrogens (tertiary/aromatic N) is 1. The Morgan fingerprint density at radius 2 is 1.68 bits per heavy atom. The molecule has 0 fully saturated rings. The zero-order valence-corrected chi connectivity index (χ0v) is 18.9. The Balaban J connectivity index is 1.87. The predicted molar refractivity (Wildman–Crippen MR) is 122 cm³/mol. The summed E-state index contributed by atoms with van der Waals surface area (Å²) < 4.78 is 32.5. The van der Waals surface area contributed by atoms with E-state index in [1.54, 1.807) is 24.3 Å². The van der Waals surface area contributed by atoms with Crippen LogP contribution in [-0.2, 0) is 10.0 Å². The summed E-state index contributed by atoms with van der Waals surface area (Å²) in [6.07, 6.45) is 0. The van der Waals surface area contributed by atoms with Crippen LogP contribution in [0, 0.1) is 0 Å². The van der Waals surface area contributed by atoms with Gasteiger partial charge in [-0.15, -0.1) is 0 Å². The van der Waals surface area contributed by atoms with E-state index < -0.39 is 15.9 Å². The van der Waals surface area contributed by atoms with Gasteiger partial charge < -0.3 is 10.1 Å². The highest BCUT2D eigenvalue weighted by molar-refractivity contribution is 7.92. The summed E-state index contributed by atoms with van der Waals surface area (Å²) in [5, 5.41) is 3.03. The van der Waals surface area contributed by atoms with E-state index in [2.05, 4.69) is 5.32 Å². The second-order valence-corrected chi connectivity index (χ2v) is 9.29. The van der Waals surface area contributed by atoms with Crippen molar-refractivity contribution in [2.24, 2.45) is 0 Å². The molecule has 0 radical (unpaired) electrons. The van der Waals surface area contributed by atoms with Gasteiger partial charge in [-0.25, -0.2) is 8.42 Å². The van der Waals surface area contributed by atoms with E-state index in [9.17, 15) is 13.2 Å². The van der Waals surface area contributed by atoms with Gasteiger partial charge in [-0.2, -0.15) is 0 Å². The van der Waals surface area contributed by atoms with Gasteiger partial charge in [0, 0.05) is 7.05 Å². The number of anilines is 1. The number of hydrogen-bond acceptors (Lipinski definition) is 4. The van der Waals surface area contributed by atoms with Crippen LogP contribution in [0.1, 0.15) is 28.9 Å². The second-order valence-electron chi connectivity index (χ2n) is 6.92. The van der Waals surface area contributed by atoms with Crippen LogP contribution in [0.25, 0.3) is 0 Å². The van der Waals surface area contributed by atoms with Crippen molar-refractivity contribution >= 4 is 33.2 Å². The van der Waals surface area contributed by atoms with Crippen LogP contribution < -0.4 is 14.4 Å². The summed E-state index contributed by atoms with van der Waals surface area (Å²) in [7, 11) is -0.928. The van der Waals surface area contributed by atoms with Crippen molar-refractivity contribution in [3.05, 3.63) is 88.9 Å². The van der Waals surface area contributed by atoms with Crippen molar-refractivity contribution in [3.8, 4) is 5.75 Å². The van der Waals surface area contributed by atoms with Crippen LogP contribution in [0.3, 0.4) is 0 Å². The molecule has 1 amide bonds. The highest BCUT2D eigenvalue weighted by Gasteiger charge is 2.24. The van der Waals surface area contributed by atoms with Crippen LogP contribution in [0.5, 0.6) is 5.75 Å². The topological polar surface area (TPSA) is 75.7 Å². The minimum atomic E-state index is -3.91. The molecule has 0 aliphatic heterocycles. The van der Waals surface area contributed by atoms with Gasteiger partial charge in [0.15, 0.2) is 0 Å². The fourth-order valence-electron chi connectivity index (χ4n) is 3.03. The number of ether oxygens (including phenoxy) is 1. The quantitative estimate of drug-likeness (QED) is 0.558. The summed E-state index contributed by atoms with van der Waals surface area (Å²) in [6, 6.07) is 19.9. The maximum absolute atomic E-state index is 13.1. The largest absolute Gasteiger partial charge is 0.497 e. The number of halogens is 1. The lowest BCUT2D eigenvalue weighted by Gasteiger charge is -2.20. The van der Waals surface area contributed by atoms with Crippen LogP contribution in [0.15, 0.2) is 77.7 Å². The van der Waals surface area contributed by atoms with E-state index in [0.717, 1.165) is 9.87 Å². The smallest absolute Gasteiger partial charge is 0.264 e. The summed E-state index contributed by atoms with van der Waals surface area (Å²) >= 11 is 6.22. The molecule has 8 heteroatoms. The lowest BCUT2D eigenvalue weighted by Crippen LogP contribution is -2.29. The van der Waals surface area contributed by atoms with Gasteiger partial charge in [0.1, 0.15) is 5.75 Å². The number of amides is 1. The van der Waals surface area contributed by atoms with E-state index in [0.29, 0.717) is 11.4 Å². The predicted octanol–water partition coefficient (Wildman–Crippen LogP) is 4.66. The molecule has 0 heterocycles. The number of nitrogens with one attached hydrogen (secondary N) is 1. The first-order valence-corrected chi connectivity index (χ1v) is 11.3. The standard InChI is InChI=1S/C23H23ClN2O4S/c1-16(17-7-5-4-6-8-17)25-23(27)21-15-20(13-14-22(21)24)31(28,29)26(2)18-9-11-19(30-3)12-10-18/h4-16H,1-3H3,(H,25,27)/t16-/m0/s1. The Kier molecular flexibility index (Phi) is 6.87. The van der Waals surface area contributed by atoms with E-state index in [1.165, 1.54) is 32.4 Å². The highest BCUT2D eigenvalue weighted by Crippen LogP contribution is 2.27. The van der Waals surface area contributed by atoms with E-state index in [4.69, 9.17) is 16.3 Å². The SMILES string of the molecule is COc1ccc(N(C)S(=O)(=O)c2ccc(Cl)c(C(=O)N[C@@H](C)c3ccccc3)c2)cc1. The van der Waals surface area contributed by atoms with Crippen LogP contribution in [0.4, 0.5) is 5.69 Å². The molecular formula is C23H23ClN2O4S. The van der Waals surface area contributed by atoms with Crippen LogP contribution >= 0.6 is 11.6 Å². The van der Waals surface area contributed by atoms with Gasteiger partial charge >= 0.3 is 0 Å². The van der Waals surface area contributed by atoms with E-state index in [-0.39, 0.29) is 21.5 Å². The van der Waals surface area contributed by atoms with E-state index in [1.807, 2.05) is 37.3 Å². The van der Waals surface area contributed by atoms with Crippen LogP contribution in [-0.4, -0.2) is 28.5 Å². The van der Waals surface area contributed by atoms with Crippen molar-refractivity contribution in [2.45, 2.75) is 17.9 Å². The molecule has 0 aromatic heterocycles. The van der Waals surface area contributed by atoms with Gasteiger partial charge in [0.25, 0.3) is 15.9 Å². The highest BCUT2D eigenvalue weighted by atomic mass is 35.5. The van der Waals surface area contributed by atoms with Crippen molar-refractivity contribution < 1.29 is 17.9 Å². The molecule has 0 aliphatic carbocycles. The Bertz CT molecular complexity index is 1170. The van der Waals surface area contributed by atoms with Gasteiger partial charge in [-0.1, -0.05) is 41.9 Å². The minimum Gasteiger partial charge on any atom is -0.497 e. The number of sulfonamides is 1. The third-order valence-corrected chi connectivity index (χ3v) is 7.04. The Hall–Kier alpha value is -3.03. The molecule has 1 N–H and O–H groups in total. The molecule has 3 aromatic rings. The molecule has 6 nitrogen and oxygen atoms in total. The number of methoxy groups -OCH3 is 1. The molecule has 162 valence electrons. The Morgan fingerprint density at radius 1 is 1.03 bits per heavy atom. The average molecular weight is 459 g/mol. The lowest BCUT2D eigenvalue weighted by molar-refractivity contribution is 0.0940. The first-order valence-electron chi connectivity index (χ1n) is 9.52. The summed E-state index contributed by atoms with van der Waals surface area (Å²) in [5.41, 5.74) is 1.48. The van der Waals surface area contributed by atoms with E-state index >= 15 is 0 Å². The molecule has 3 rings (SSSR count). The molecule has 0 saturated heterocycles. The van der Waals surface area contributed by atoms with Gasteiger partial charge in [0.05, 0.1) is 34.3 Å². The van der Waals surface area contributed by atoms with Gasteiger partial charge in [0.2, 0.25) is 0 Å². The zero-order chi connectivity index (χ0) is 22.6. The molecule has 0 aliphatic rings. The van der Waals surface area contributed by atoms with Gasteiger partial charge in [-0.05, 0) is 55.0 Å². The summed E-state index contributed by atoms with van der Waals surface area (Å²) in [5.74, 6) is 0.165. The first kappa shape index (κ1) is 22.7. The molecule has 0 unspecified atom stereocenters. The van der Waals surface area contributed by atoms with Crippen molar-refractivity contribution in [3.63, 3.8) is 0 Å². The fourth-order valence-corrected chi connectivity index (χ4v) is 4.45. The Morgan fingerprint density at radius 3 is 2.29 bits per heavy atom. The van der Waals surface area contributed by atoms with Gasteiger partial charge in [-0.3, -0.25) is 9.10 Å². The number of rotatable bonds is 7. The summed E-state index contributed by atoms with van der Waals surface area (Å²) in [4.78, 5) is 12.8. The lowest BCUT2D eigenvalue weighted by atomic mass is 10.1. The average Bonchev–Trinajstić information content (AvgIpc) is 2.79. The normalized spacial score (nSPS) is 12.1. The molecule has 3 aromatic carbocycles. The number of hydrogen-bond donors (Lipinski definition) is 1. The number of carbonyl (C=O) groups is 1. The third-order valence-electron chi connectivity index (χ3n) is 4.92. The molecular weight excluding hydrogens is 436 g/mol. The maximum Gasteiger partial charge on any atom is 0.264 e. The number of carbonyl (C=O) groups excluding carboxylic acids is 1. The summed E-state index contributed by atoms with van der Waals surface area (Å²) in [6.45, 7) is 1.85.